The molecule has 19 heavy (non-hydrogen) atoms. The van der Waals surface area contributed by atoms with Crippen LogP contribution in [0.5, 0.6) is 0 Å². The summed E-state index contributed by atoms with van der Waals surface area (Å²) in [4.78, 5) is 16.6. The highest BCUT2D eigenvalue weighted by Gasteiger charge is 2.18. The highest BCUT2D eigenvalue weighted by atomic mass is 15.0. The average Bonchev–Trinajstić information content (AvgIpc) is 2.87. The molecule has 1 fully saturated rings. The smallest absolute Gasteiger partial charge is 0.158 e. The van der Waals surface area contributed by atoms with Gasteiger partial charge in [0.15, 0.2) is 5.82 Å². The maximum atomic E-state index is 4.51. The number of aryl methyl sites for hydroxylation is 1. The van der Waals surface area contributed by atoms with E-state index in [0.717, 1.165) is 42.4 Å². The van der Waals surface area contributed by atoms with Gasteiger partial charge in [-0.15, -0.1) is 0 Å². The van der Waals surface area contributed by atoms with Crippen molar-refractivity contribution in [3.63, 3.8) is 0 Å². The Balaban J connectivity index is 1.84. The van der Waals surface area contributed by atoms with E-state index in [-0.39, 0.29) is 0 Å². The lowest BCUT2D eigenvalue weighted by Crippen LogP contribution is -2.31. The van der Waals surface area contributed by atoms with E-state index in [2.05, 4.69) is 25.3 Å². The number of rotatable bonds is 3. The summed E-state index contributed by atoms with van der Waals surface area (Å²) < 4.78 is 0. The Morgan fingerprint density at radius 1 is 1.26 bits per heavy atom. The van der Waals surface area contributed by atoms with Crippen LogP contribution in [-0.2, 0) is 6.42 Å². The van der Waals surface area contributed by atoms with Crippen LogP contribution in [0.3, 0.4) is 0 Å². The number of hydrogen-bond donors (Lipinski definition) is 2. The maximum Gasteiger partial charge on any atom is 0.158 e. The van der Waals surface area contributed by atoms with Gasteiger partial charge in [-0.1, -0.05) is 0 Å². The van der Waals surface area contributed by atoms with E-state index in [1.165, 1.54) is 12.8 Å². The molecular formula is C14H19N5. The fourth-order valence-electron chi connectivity index (χ4n) is 2.62. The standard InChI is InChI=1S/C14H19N5/c1-10-8-18-14(19-10)13-12(16-5-6-17-13)7-11-3-2-4-15-9-11/h5-6,8,11,15H,2-4,7,9H2,1H3,(H,18,19). The first-order valence-electron chi connectivity index (χ1n) is 6.85. The number of aromatic amines is 1. The van der Waals surface area contributed by atoms with Crippen LogP contribution in [0.2, 0.25) is 0 Å². The molecule has 1 saturated heterocycles. The molecule has 1 aliphatic heterocycles. The van der Waals surface area contributed by atoms with Gasteiger partial charge in [0, 0.05) is 24.3 Å². The highest BCUT2D eigenvalue weighted by Crippen LogP contribution is 2.21. The molecule has 1 aliphatic rings. The van der Waals surface area contributed by atoms with Gasteiger partial charge in [-0.05, 0) is 45.2 Å². The van der Waals surface area contributed by atoms with Gasteiger partial charge in [0.05, 0.1) is 5.69 Å². The fourth-order valence-corrected chi connectivity index (χ4v) is 2.62. The third kappa shape index (κ3) is 2.81. The van der Waals surface area contributed by atoms with Crippen molar-refractivity contribution in [2.75, 3.05) is 13.1 Å². The molecule has 3 heterocycles. The van der Waals surface area contributed by atoms with E-state index in [4.69, 9.17) is 0 Å². The second-order valence-electron chi connectivity index (χ2n) is 5.18. The summed E-state index contributed by atoms with van der Waals surface area (Å²) in [6.45, 7) is 4.21. The van der Waals surface area contributed by atoms with Crippen LogP contribution in [0, 0.1) is 12.8 Å². The van der Waals surface area contributed by atoms with Crippen LogP contribution in [0.1, 0.15) is 24.2 Å². The van der Waals surface area contributed by atoms with Gasteiger partial charge in [0.2, 0.25) is 0 Å². The van der Waals surface area contributed by atoms with Crippen molar-refractivity contribution in [2.45, 2.75) is 26.2 Å². The molecule has 0 saturated carbocycles. The van der Waals surface area contributed by atoms with Crippen molar-refractivity contribution in [2.24, 2.45) is 5.92 Å². The zero-order chi connectivity index (χ0) is 13.1. The second-order valence-corrected chi connectivity index (χ2v) is 5.18. The van der Waals surface area contributed by atoms with Crippen molar-refractivity contribution in [1.29, 1.82) is 0 Å². The van der Waals surface area contributed by atoms with Gasteiger partial charge >= 0.3 is 0 Å². The number of hydrogen-bond acceptors (Lipinski definition) is 4. The number of H-pyrrole nitrogens is 1. The van der Waals surface area contributed by atoms with Gasteiger partial charge in [-0.25, -0.2) is 9.97 Å². The van der Waals surface area contributed by atoms with E-state index in [1.807, 2.05) is 13.1 Å². The number of imidazole rings is 1. The Morgan fingerprint density at radius 2 is 2.16 bits per heavy atom. The number of piperidine rings is 1. The summed E-state index contributed by atoms with van der Waals surface area (Å²) >= 11 is 0. The Bertz CT molecular complexity index is 542. The third-order valence-corrected chi connectivity index (χ3v) is 3.58. The Hall–Kier alpha value is -1.75. The van der Waals surface area contributed by atoms with Crippen LogP contribution in [-0.4, -0.2) is 33.0 Å². The molecule has 2 aromatic heterocycles. The van der Waals surface area contributed by atoms with Gasteiger partial charge in [-0.3, -0.25) is 4.98 Å². The number of nitrogens with one attached hydrogen (secondary N) is 2. The maximum absolute atomic E-state index is 4.51. The topological polar surface area (TPSA) is 66.5 Å². The predicted octanol–water partition coefficient (Wildman–Crippen LogP) is 1.72. The summed E-state index contributed by atoms with van der Waals surface area (Å²) in [5, 5.41) is 3.45. The second kappa shape index (κ2) is 5.48. The lowest BCUT2D eigenvalue weighted by molar-refractivity contribution is 0.373. The molecule has 2 aromatic rings. The first kappa shape index (κ1) is 12.3. The molecule has 3 rings (SSSR count). The monoisotopic (exact) mass is 257 g/mol. The summed E-state index contributed by atoms with van der Waals surface area (Å²) in [6.07, 6.45) is 8.81. The van der Waals surface area contributed by atoms with Crippen molar-refractivity contribution in [3.8, 4) is 11.5 Å². The van der Waals surface area contributed by atoms with Crippen LogP contribution in [0.15, 0.2) is 18.6 Å². The SMILES string of the molecule is Cc1cnc(-c2nccnc2CC2CCCNC2)[nH]1. The molecule has 0 spiro atoms. The Labute approximate surface area is 112 Å². The van der Waals surface area contributed by atoms with Crippen molar-refractivity contribution < 1.29 is 0 Å². The zero-order valence-corrected chi connectivity index (χ0v) is 11.2. The summed E-state index contributed by atoms with van der Waals surface area (Å²) in [7, 11) is 0. The lowest BCUT2D eigenvalue weighted by Gasteiger charge is -2.22. The average molecular weight is 257 g/mol. The summed E-state index contributed by atoms with van der Waals surface area (Å²) in [6, 6.07) is 0. The molecule has 0 amide bonds. The zero-order valence-electron chi connectivity index (χ0n) is 11.2. The van der Waals surface area contributed by atoms with Crippen molar-refractivity contribution >= 4 is 0 Å². The molecule has 2 N–H and O–H groups in total. The molecule has 1 unspecified atom stereocenters. The largest absolute Gasteiger partial charge is 0.341 e. The Kier molecular flexibility index (Phi) is 3.55. The van der Waals surface area contributed by atoms with Gasteiger partial charge in [-0.2, -0.15) is 0 Å². The molecule has 5 nitrogen and oxygen atoms in total. The molecule has 1 atom stereocenters. The van der Waals surface area contributed by atoms with Crippen LogP contribution in [0.4, 0.5) is 0 Å². The van der Waals surface area contributed by atoms with E-state index in [9.17, 15) is 0 Å². The molecule has 0 aromatic carbocycles. The van der Waals surface area contributed by atoms with Crippen LogP contribution >= 0.6 is 0 Å². The van der Waals surface area contributed by atoms with Gasteiger partial charge < -0.3 is 10.3 Å². The quantitative estimate of drug-likeness (QED) is 0.878. The van der Waals surface area contributed by atoms with Crippen LogP contribution < -0.4 is 5.32 Å². The molecular weight excluding hydrogens is 238 g/mol. The molecule has 0 bridgehead atoms. The highest BCUT2D eigenvalue weighted by molar-refractivity contribution is 5.52. The number of nitrogens with zero attached hydrogens (tertiary/aromatic N) is 3. The fraction of sp³-hybridized carbons (Fsp3) is 0.500. The third-order valence-electron chi connectivity index (χ3n) is 3.58. The number of aromatic nitrogens is 4. The van der Waals surface area contributed by atoms with E-state index < -0.39 is 0 Å². The molecule has 100 valence electrons. The Morgan fingerprint density at radius 3 is 2.89 bits per heavy atom. The van der Waals surface area contributed by atoms with E-state index in [1.54, 1.807) is 12.4 Å². The predicted molar refractivity (Wildman–Crippen MR) is 73.6 cm³/mol. The minimum Gasteiger partial charge on any atom is -0.341 e. The lowest BCUT2D eigenvalue weighted by atomic mass is 9.94. The van der Waals surface area contributed by atoms with E-state index in [0.29, 0.717) is 5.92 Å². The van der Waals surface area contributed by atoms with Crippen LogP contribution in [0.25, 0.3) is 11.5 Å². The van der Waals surface area contributed by atoms with Crippen molar-refractivity contribution in [3.05, 3.63) is 30.0 Å². The van der Waals surface area contributed by atoms with Gasteiger partial charge in [0.25, 0.3) is 0 Å². The minimum absolute atomic E-state index is 0.653. The molecule has 0 aliphatic carbocycles. The normalized spacial score (nSPS) is 19.5. The first-order chi connectivity index (χ1) is 9.33. The van der Waals surface area contributed by atoms with Gasteiger partial charge in [0.1, 0.15) is 5.69 Å². The minimum atomic E-state index is 0.653. The summed E-state index contributed by atoms with van der Waals surface area (Å²) in [5.74, 6) is 1.48. The van der Waals surface area contributed by atoms with Crippen molar-refractivity contribution in [1.82, 2.24) is 25.3 Å². The molecule has 5 heteroatoms. The van der Waals surface area contributed by atoms with E-state index >= 15 is 0 Å². The summed E-state index contributed by atoms with van der Waals surface area (Å²) in [5.41, 5.74) is 2.98. The first-order valence-corrected chi connectivity index (χ1v) is 6.85. The molecule has 0 radical (unpaired) electrons.